The number of rotatable bonds is 42. The molecule has 4 aliphatic heterocycles. The van der Waals surface area contributed by atoms with Gasteiger partial charge in [-0.1, -0.05) is 0 Å². The second-order valence-corrected chi connectivity index (χ2v) is 37.1. The molecule has 0 bridgehead atoms. The second-order valence-electron chi connectivity index (χ2n) is 22.3. The molecule has 16 N–H and O–H groups in total. The molecule has 120 heavy (non-hydrogen) atoms. The van der Waals surface area contributed by atoms with Crippen LogP contribution in [0.25, 0.3) is 0 Å². The first kappa shape index (κ1) is 104. The predicted octanol–water partition coefficient (Wildman–Crippen LogP) is -10.2. The van der Waals surface area contributed by atoms with Crippen LogP contribution in [0.15, 0.2) is 48.5 Å². The van der Waals surface area contributed by atoms with Crippen LogP contribution in [0, 0.1) is 0 Å². The number of ether oxygens (including phenoxy) is 8. The highest BCUT2D eigenvalue weighted by atomic mass is 32.3. The third-order valence-electron chi connectivity index (χ3n) is 13.7. The van der Waals surface area contributed by atoms with Crippen LogP contribution in [0.2, 0.25) is 0 Å². The standard InChI is InChI=1S/C38H52N2O66S14/c41-33(39-13-1-5-15(6-2-13)89-35-29(103-117(73,74)75)25(99-113(61,62)63)21(17(91-35)9-85-107(43,44)45)95-37-31(105-119(79,80)81)27(101-115(67,68)69)23(97-111(55,56)57)19(93-37)11-87-109(49,50)51)34(42)40-14-3-7-16(8-4-14)90-36-30(104-118(76,77)78)26(100-114(64,65)66)22(18(92-36)10-86-108(46,47)48)96-38-32(106-120(82,83)84)28(102-116(70,71)72)24(98-112(58,59)60)20(94-38)12-88-110(52,53)54/h1-8,17-32,35-38H,9-12H2,(H,39,41)(H,40,42)(H,43,44,45)(H,46,47,48)(H,49,50,51)(H,52,53,54)(H,55,56,57)(H,58,59,60)(H,61,62,63)(H,64,65,66)(H,67,68,69)(H,70,71,72)(H,73,74,75)(H,76,77,78)(H,79,80,81)(H,82,83,84)/t17-,18-,19-,20-,21-,22-,23-,24-,25+,26+,27+,28+,29-,30-,31-,32-,35-,36-,37-,38-/m1/s1. The largest absolute Gasteiger partial charge is 0.462 e. The highest BCUT2D eigenvalue weighted by molar-refractivity contribution is 7.84. The fourth-order valence-electron chi connectivity index (χ4n) is 10.1. The SMILES string of the molecule is O=C(Nc1ccc(O[C@@H]2O[C@H](COS(=O)(=O)O)[C@@H](O[C@H]3O[C@H](COS(=O)(=O)O)[C@@H](OS(=O)(=O)O)[C@H](OS(=O)(=O)O)[C@H]3OS(=O)(=O)O)[C@H](OS(=O)(=O)O)[C@H]2OS(=O)(=O)O)cc1)C(=O)Nc1ccc(O[C@@H]2O[C@H](COS(=O)(=O)O)[C@@H](O[C@H]3O[C@H](COS(=O)(=O)O)[C@@H](OS(=O)(=O)O)[C@H](OS(=O)(=O)O)[C@H]3OS(=O)(=O)O)[C@H](OS(=O)(=O)O)[C@H]2OS(=O)(=O)O)cc1. The Morgan fingerprint density at radius 1 is 0.242 bits per heavy atom. The zero-order chi connectivity index (χ0) is 91.5. The van der Waals surface area contributed by atoms with Crippen LogP contribution >= 0.6 is 0 Å². The molecule has 68 nitrogen and oxygen atoms in total. The maximum Gasteiger partial charge on any atom is 0.397 e. The zero-order valence-electron chi connectivity index (χ0n) is 56.2. The Morgan fingerprint density at radius 2 is 0.417 bits per heavy atom. The van der Waals surface area contributed by atoms with E-state index in [4.69, 9.17) is 37.9 Å². The first-order valence-corrected chi connectivity index (χ1v) is 48.2. The number of benzene rings is 2. The van der Waals surface area contributed by atoms with Crippen molar-refractivity contribution in [3.63, 3.8) is 0 Å². The van der Waals surface area contributed by atoms with Crippen molar-refractivity contribution in [3.05, 3.63) is 48.5 Å². The van der Waals surface area contributed by atoms with Crippen molar-refractivity contribution in [3.8, 4) is 11.5 Å². The fourth-order valence-corrected chi connectivity index (χ4v) is 16.2. The van der Waals surface area contributed by atoms with Crippen molar-refractivity contribution >= 4 is 169 Å². The molecule has 6 rings (SSSR count). The van der Waals surface area contributed by atoms with Crippen molar-refractivity contribution in [1.29, 1.82) is 0 Å². The molecule has 4 heterocycles. The molecule has 0 aromatic heterocycles. The lowest BCUT2D eigenvalue weighted by atomic mass is 9.97. The van der Waals surface area contributed by atoms with Crippen LogP contribution in [0.5, 0.6) is 11.5 Å². The predicted molar refractivity (Wildman–Crippen MR) is 350 cm³/mol. The average molecular weight is 2040 g/mol. The van der Waals surface area contributed by atoms with Gasteiger partial charge in [0, 0.05) is 11.4 Å². The lowest BCUT2D eigenvalue weighted by molar-refractivity contribution is -0.340. The molecule has 82 heteroatoms. The van der Waals surface area contributed by atoms with Gasteiger partial charge in [0.1, 0.15) is 84.7 Å². The second kappa shape index (κ2) is 39.0. The van der Waals surface area contributed by atoms with Gasteiger partial charge in [0.2, 0.25) is 12.6 Å². The van der Waals surface area contributed by atoms with Gasteiger partial charge in [0.15, 0.2) is 37.0 Å². The Hall–Kier alpha value is -5.08. The molecule has 2 aromatic carbocycles. The number of carbonyl (C=O) groups is 2. The lowest BCUT2D eigenvalue weighted by Crippen LogP contribution is -2.67. The smallest absolute Gasteiger partial charge is 0.397 e. The summed E-state index contributed by atoms with van der Waals surface area (Å²) in [5, 5.41) is 3.90. The number of hydrogen-bond acceptors (Lipinski definition) is 52. The molecular weight excluding hydrogens is 1990 g/mol. The minimum Gasteiger partial charge on any atom is -0.462 e. The van der Waals surface area contributed by atoms with Gasteiger partial charge in [-0.2, -0.15) is 118 Å². The number of nitrogens with one attached hydrogen (secondary N) is 2. The van der Waals surface area contributed by atoms with Crippen molar-refractivity contribution in [2.24, 2.45) is 0 Å². The van der Waals surface area contributed by atoms with Crippen molar-refractivity contribution in [2.45, 2.75) is 123 Å². The van der Waals surface area contributed by atoms with Gasteiger partial charge >= 0.3 is 157 Å². The van der Waals surface area contributed by atoms with E-state index >= 15 is 0 Å². The van der Waals surface area contributed by atoms with Gasteiger partial charge < -0.3 is 48.5 Å². The Morgan fingerprint density at radius 3 is 0.625 bits per heavy atom. The summed E-state index contributed by atoms with van der Waals surface area (Å²) in [6.07, 6.45) is -64.6. The minimum absolute atomic E-state index is 0.531. The molecular formula is C38H52N2O66S14. The van der Waals surface area contributed by atoms with Crippen LogP contribution in [0.4, 0.5) is 11.4 Å². The van der Waals surface area contributed by atoms with E-state index in [9.17, 15) is 191 Å². The molecule has 4 saturated heterocycles. The Bertz CT molecular complexity index is 5370. The highest BCUT2D eigenvalue weighted by Crippen LogP contribution is 2.41. The summed E-state index contributed by atoms with van der Waals surface area (Å²) in [6, 6.07) is 5.49. The topological polar surface area (TPSA) is 1020 Å². The van der Waals surface area contributed by atoms with Gasteiger partial charge in [-0.05, 0) is 48.5 Å². The van der Waals surface area contributed by atoms with Crippen LogP contribution < -0.4 is 20.1 Å². The maximum absolute atomic E-state index is 13.3. The molecule has 0 spiro atoms. The van der Waals surface area contributed by atoms with E-state index in [1.54, 1.807) is 0 Å². The summed E-state index contributed by atoms with van der Waals surface area (Å²) >= 11 is 0. The third-order valence-corrected chi connectivity index (χ3v) is 20.1. The van der Waals surface area contributed by atoms with Crippen LogP contribution in [-0.4, -0.2) is 343 Å². The highest BCUT2D eigenvalue weighted by Gasteiger charge is 2.62. The summed E-state index contributed by atoms with van der Waals surface area (Å²) in [4.78, 5) is 26.5. The molecule has 0 saturated carbocycles. The quantitative estimate of drug-likeness (QED) is 0.0217. The summed E-state index contributed by atoms with van der Waals surface area (Å²) < 4.78 is 577. The first-order valence-electron chi connectivity index (χ1n) is 29.0. The van der Waals surface area contributed by atoms with E-state index in [1.807, 2.05) is 10.6 Å². The van der Waals surface area contributed by atoms with Gasteiger partial charge in [-0.3, -0.25) is 73.3 Å². The maximum atomic E-state index is 13.3. The van der Waals surface area contributed by atoms with E-state index < -0.39 is 330 Å². The van der Waals surface area contributed by atoms with Crippen molar-refractivity contribution in [2.75, 3.05) is 37.1 Å². The number of hydrogen-bond donors (Lipinski definition) is 16. The van der Waals surface area contributed by atoms with Gasteiger partial charge in [0.25, 0.3) is 0 Å². The minimum atomic E-state index is -6.35. The molecule has 0 aliphatic carbocycles. The van der Waals surface area contributed by atoms with E-state index in [-0.39, 0.29) is 0 Å². The first-order chi connectivity index (χ1) is 53.9. The van der Waals surface area contributed by atoms with E-state index in [2.05, 4.69) is 58.6 Å². The molecule has 694 valence electrons. The molecule has 2 amide bonds. The van der Waals surface area contributed by atoms with Crippen molar-refractivity contribution in [1.82, 2.24) is 0 Å². The number of anilines is 2. The Kier molecular flexibility index (Phi) is 33.7. The van der Waals surface area contributed by atoms with E-state index in [1.165, 1.54) is 0 Å². The number of carbonyl (C=O) groups excluding carboxylic acids is 2. The molecule has 0 radical (unpaired) electrons. The summed E-state index contributed by atoms with van der Waals surface area (Å²) in [5.41, 5.74) is -1.06. The summed E-state index contributed by atoms with van der Waals surface area (Å²) in [6.45, 7) is -7.97. The zero-order valence-corrected chi connectivity index (χ0v) is 67.6. The summed E-state index contributed by atoms with van der Waals surface area (Å²) in [5.74, 6) is -5.07. The molecule has 20 atom stereocenters. The molecule has 2 aromatic rings. The van der Waals surface area contributed by atoms with Gasteiger partial charge in [-0.15, -0.1) is 0 Å². The monoisotopic (exact) mass is 2040 g/mol. The summed E-state index contributed by atoms with van der Waals surface area (Å²) in [7, 11) is -86.4. The van der Waals surface area contributed by atoms with E-state index in [0.29, 0.717) is 24.3 Å². The van der Waals surface area contributed by atoms with Gasteiger partial charge in [0.05, 0.1) is 26.4 Å². The fraction of sp³-hybridized carbons (Fsp3) is 0.632. The molecule has 4 fully saturated rings. The molecule has 0 unspecified atom stereocenters. The Labute approximate surface area is 672 Å². The van der Waals surface area contributed by atoms with Crippen molar-refractivity contribution < 1.29 is 288 Å². The Balaban J connectivity index is 1.32. The molecule has 4 aliphatic rings. The third kappa shape index (κ3) is 36.5. The van der Waals surface area contributed by atoms with Crippen LogP contribution in [-0.2, 0) is 242 Å². The lowest BCUT2D eigenvalue weighted by Gasteiger charge is -2.48. The van der Waals surface area contributed by atoms with Crippen LogP contribution in [0.1, 0.15) is 0 Å². The van der Waals surface area contributed by atoms with E-state index in [0.717, 1.165) is 24.3 Å². The number of amides is 2. The van der Waals surface area contributed by atoms with Crippen LogP contribution in [0.3, 0.4) is 0 Å². The average Bonchev–Trinajstić information content (AvgIpc) is 0.757. The normalized spacial score (nSPS) is 28.9. The van der Waals surface area contributed by atoms with Gasteiger partial charge in [-0.25, -0.2) is 58.6 Å².